The van der Waals surface area contributed by atoms with Crippen LogP contribution >= 0.6 is 15.6 Å². The van der Waals surface area contributed by atoms with Crippen molar-refractivity contribution in [1.82, 2.24) is 0 Å². The number of phosphoric ester groups is 2. The van der Waals surface area contributed by atoms with Gasteiger partial charge in [-0.3, -0.25) is 37.3 Å². The van der Waals surface area contributed by atoms with E-state index in [-0.39, 0.29) is 25.7 Å². The SMILES string of the molecule is CC/C=C\C/C=C\C/C=C\C/C=C\C/C=C\C/C=C\CCC(=O)OCC(COP(=O)(O)OCC(O)COP(=O)(O)OCC(COC(=O)CCC/C=C\C/C=C\C/C=C\C/C=C\C/C=C\CC)OC(=O)CCCCCCCCCCCCCCCCC)OC(=O)CCCCCCCCC/C=C\C/C=C\C/C=C\CC. The number of aliphatic hydroxyl groups excluding tert-OH is 1. The lowest BCUT2D eigenvalue weighted by Crippen LogP contribution is -2.30. The molecule has 0 saturated carbocycles. The van der Waals surface area contributed by atoms with Gasteiger partial charge in [-0.1, -0.05) is 320 Å². The van der Waals surface area contributed by atoms with Crippen molar-refractivity contribution in [3.8, 4) is 0 Å². The van der Waals surface area contributed by atoms with Crippen LogP contribution in [0.2, 0.25) is 0 Å². The number of aliphatic hydroxyl groups is 1. The Labute approximate surface area is 654 Å². The first-order valence-corrected chi connectivity index (χ1v) is 44.4. The van der Waals surface area contributed by atoms with E-state index in [1.54, 1.807) is 0 Å². The molecular weight excluding hydrogens is 1400 g/mol. The van der Waals surface area contributed by atoms with Crippen LogP contribution < -0.4 is 0 Å². The number of carbonyl (C=O) groups is 4. The van der Waals surface area contributed by atoms with E-state index in [4.69, 9.17) is 37.0 Å². The van der Waals surface area contributed by atoms with Gasteiger partial charge in [0.15, 0.2) is 12.2 Å². The molecule has 0 rings (SSSR count). The molecule has 19 heteroatoms. The van der Waals surface area contributed by atoms with E-state index in [0.717, 1.165) is 154 Å². The van der Waals surface area contributed by atoms with Gasteiger partial charge in [-0.05, 0) is 135 Å². The largest absolute Gasteiger partial charge is 0.472 e. The van der Waals surface area contributed by atoms with Crippen LogP contribution in [0.4, 0.5) is 0 Å². The lowest BCUT2D eigenvalue weighted by Gasteiger charge is -2.21. The van der Waals surface area contributed by atoms with Gasteiger partial charge in [0.2, 0.25) is 0 Å². The number of hydrogen-bond acceptors (Lipinski definition) is 15. The van der Waals surface area contributed by atoms with Crippen molar-refractivity contribution in [2.24, 2.45) is 0 Å². The second-order valence-corrected chi connectivity index (χ2v) is 29.8. The predicted molar refractivity (Wildman–Crippen MR) is 445 cm³/mol. The van der Waals surface area contributed by atoms with Crippen LogP contribution in [0.25, 0.3) is 0 Å². The van der Waals surface area contributed by atoms with Crippen molar-refractivity contribution in [2.45, 2.75) is 329 Å². The fraction of sp³-hybridized carbons (Fsp3) is 0.640. The summed E-state index contributed by atoms with van der Waals surface area (Å²) in [5, 5.41) is 10.7. The molecule has 614 valence electrons. The monoisotopic (exact) mass is 1550 g/mol. The van der Waals surface area contributed by atoms with E-state index in [1.807, 2.05) is 30.4 Å². The summed E-state index contributed by atoms with van der Waals surface area (Å²) >= 11 is 0. The van der Waals surface area contributed by atoms with Crippen molar-refractivity contribution in [1.29, 1.82) is 0 Å². The van der Waals surface area contributed by atoms with Crippen LogP contribution in [0.15, 0.2) is 170 Å². The molecule has 5 atom stereocenters. The second-order valence-electron chi connectivity index (χ2n) is 26.9. The van der Waals surface area contributed by atoms with Crippen LogP contribution in [0.1, 0.15) is 310 Å². The summed E-state index contributed by atoms with van der Waals surface area (Å²) in [5.41, 5.74) is 0. The van der Waals surface area contributed by atoms with E-state index < -0.39 is 97.5 Å². The summed E-state index contributed by atoms with van der Waals surface area (Å²) < 4.78 is 68.6. The molecule has 0 saturated heterocycles. The molecule has 0 aliphatic heterocycles. The lowest BCUT2D eigenvalue weighted by molar-refractivity contribution is -0.161. The Morgan fingerprint density at radius 2 is 0.509 bits per heavy atom. The maximum atomic E-state index is 13.1. The summed E-state index contributed by atoms with van der Waals surface area (Å²) in [6.45, 7) is 4.39. The van der Waals surface area contributed by atoms with E-state index in [1.165, 1.54) is 64.2 Å². The smallest absolute Gasteiger partial charge is 0.462 e. The molecule has 0 aliphatic carbocycles. The number of rotatable bonds is 76. The van der Waals surface area contributed by atoms with Gasteiger partial charge in [0, 0.05) is 25.7 Å². The van der Waals surface area contributed by atoms with Gasteiger partial charge in [-0.15, -0.1) is 0 Å². The van der Waals surface area contributed by atoms with E-state index in [2.05, 4.69) is 167 Å². The molecule has 3 N–H and O–H groups in total. The summed E-state index contributed by atoms with van der Waals surface area (Å²) in [7, 11) is -10.0. The molecule has 0 aromatic heterocycles. The van der Waals surface area contributed by atoms with Crippen molar-refractivity contribution in [2.75, 3.05) is 39.6 Å². The molecule has 0 amide bonds. The highest BCUT2D eigenvalue weighted by molar-refractivity contribution is 7.47. The van der Waals surface area contributed by atoms with Crippen molar-refractivity contribution in [3.63, 3.8) is 0 Å². The van der Waals surface area contributed by atoms with Crippen LogP contribution in [0.3, 0.4) is 0 Å². The molecule has 0 fully saturated rings. The number of ether oxygens (including phenoxy) is 4. The number of esters is 4. The normalized spacial score (nSPS) is 14.7. The number of allylic oxidation sites excluding steroid dienone is 28. The Kier molecular flexibility index (Phi) is 75.4. The van der Waals surface area contributed by atoms with E-state index in [9.17, 15) is 43.2 Å². The van der Waals surface area contributed by atoms with E-state index >= 15 is 0 Å². The van der Waals surface area contributed by atoms with Gasteiger partial charge in [-0.25, -0.2) is 9.13 Å². The van der Waals surface area contributed by atoms with Crippen LogP contribution in [0, 0.1) is 0 Å². The molecule has 0 bridgehead atoms. The Morgan fingerprint density at radius 1 is 0.269 bits per heavy atom. The highest BCUT2D eigenvalue weighted by Crippen LogP contribution is 2.45. The molecule has 0 heterocycles. The van der Waals surface area contributed by atoms with Gasteiger partial charge >= 0.3 is 39.5 Å². The van der Waals surface area contributed by atoms with Crippen molar-refractivity contribution >= 4 is 39.5 Å². The van der Waals surface area contributed by atoms with Gasteiger partial charge < -0.3 is 33.8 Å². The third-order valence-electron chi connectivity index (χ3n) is 16.7. The minimum absolute atomic E-state index is 0.0276. The standard InChI is InChI=1S/C89H146O17P2/c1-5-9-13-17-21-25-29-33-37-40-41-44-47-50-54-58-62-66-70-74-87(92)100-80-85(106-89(94)76-72-68-64-60-56-52-48-43-39-35-31-27-23-19-15-11-7-3)82-104-108(97,98)102-78-83(90)77-101-107(95,96)103-81-84(105-88(93)75-71-67-63-59-55-51-45-36-32-28-24-20-16-12-8-4)79-99-86(91)73-69-65-61-57-53-49-46-42-38-34-30-26-22-18-14-10-6-2/h9-11,13-15,21-23,25-27,33-35,37-39,41,44,46,49-50,54,57,61-62,66,83-85,90H,5-8,12,16-20,24,28-32,36,40,42-43,45,47-48,51-53,55-56,58-60,63-65,67-82H2,1-4H3,(H,95,96)(H,97,98)/b13-9-,14-10-,15-11-,25-21-,26-22-,27-23-,37-33-,38-34-,39-35-,44-41-,49-46-,54-50-,61-57-,66-62-. The second kappa shape index (κ2) is 79.5. The predicted octanol–water partition coefficient (Wildman–Crippen LogP) is 24.6. The zero-order valence-corrected chi connectivity index (χ0v) is 69.0. The summed E-state index contributed by atoms with van der Waals surface area (Å²) in [4.78, 5) is 73.1. The molecule has 17 nitrogen and oxygen atoms in total. The Balaban J connectivity index is 5.50. The molecular formula is C89H146O17P2. The van der Waals surface area contributed by atoms with E-state index in [0.29, 0.717) is 38.5 Å². The van der Waals surface area contributed by atoms with Gasteiger partial charge in [0.25, 0.3) is 0 Å². The minimum atomic E-state index is -5.01. The summed E-state index contributed by atoms with van der Waals surface area (Å²) in [6, 6.07) is 0. The Bertz CT molecular complexity index is 2710. The average molecular weight is 1550 g/mol. The maximum absolute atomic E-state index is 13.1. The zero-order chi connectivity index (χ0) is 78.9. The van der Waals surface area contributed by atoms with Gasteiger partial charge in [0.05, 0.1) is 26.4 Å². The maximum Gasteiger partial charge on any atom is 0.472 e. The summed E-state index contributed by atoms with van der Waals surface area (Å²) in [6.07, 6.45) is 94.9. The third kappa shape index (κ3) is 78.5. The highest BCUT2D eigenvalue weighted by atomic mass is 31.2. The summed E-state index contributed by atoms with van der Waals surface area (Å²) in [5.74, 6) is -2.35. The topological polar surface area (TPSA) is 237 Å². The van der Waals surface area contributed by atoms with Crippen LogP contribution in [-0.4, -0.2) is 96.7 Å². The average Bonchev–Trinajstić information content (AvgIpc) is 0.906. The number of hydrogen-bond donors (Lipinski definition) is 3. The van der Waals surface area contributed by atoms with Crippen molar-refractivity contribution in [3.05, 3.63) is 170 Å². The zero-order valence-electron chi connectivity index (χ0n) is 67.2. The van der Waals surface area contributed by atoms with Crippen LogP contribution in [0.5, 0.6) is 0 Å². The molecule has 5 unspecified atom stereocenters. The first-order chi connectivity index (χ1) is 52.7. The molecule has 0 radical (unpaired) electrons. The molecule has 0 aliphatic rings. The minimum Gasteiger partial charge on any atom is -0.462 e. The first kappa shape index (κ1) is 102. The van der Waals surface area contributed by atoms with Gasteiger partial charge in [-0.2, -0.15) is 0 Å². The van der Waals surface area contributed by atoms with Gasteiger partial charge in [0.1, 0.15) is 19.3 Å². The fourth-order valence-electron chi connectivity index (χ4n) is 10.5. The number of phosphoric acid groups is 2. The molecule has 108 heavy (non-hydrogen) atoms. The molecule has 0 aromatic carbocycles. The Hall–Kier alpha value is -5.58. The van der Waals surface area contributed by atoms with Crippen molar-refractivity contribution < 1.29 is 80.2 Å². The lowest BCUT2D eigenvalue weighted by atomic mass is 10.0. The first-order valence-electron chi connectivity index (χ1n) is 41.4. The highest BCUT2D eigenvalue weighted by Gasteiger charge is 2.30. The Morgan fingerprint density at radius 3 is 0.824 bits per heavy atom. The number of carbonyl (C=O) groups excluding carboxylic acids is 4. The number of unbranched alkanes of at least 4 members (excludes halogenated alkanes) is 22. The molecule has 0 spiro atoms. The fourth-order valence-corrected chi connectivity index (χ4v) is 12.1. The van der Waals surface area contributed by atoms with Crippen LogP contribution in [-0.2, 0) is 65.4 Å². The molecule has 0 aromatic rings. The third-order valence-corrected chi connectivity index (χ3v) is 18.6. The quantitative estimate of drug-likeness (QED) is 0.0169.